The number of sulfonamides is 1. The van der Waals surface area contributed by atoms with Crippen LogP contribution in [0.25, 0.3) is 0 Å². The highest BCUT2D eigenvalue weighted by molar-refractivity contribution is 7.92. The van der Waals surface area contributed by atoms with Gasteiger partial charge >= 0.3 is 0 Å². The van der Waals surface area contributed by atoms with Crippen molar-refractivity contribution in [2.75, 3.05) is 30.4 Å². The summed E-state index contributed by atoms with van der Waals surface area (Å²) in [6.07, 6.45) is 1.53. The third-order valence-corrected chi connectivity index (χ3v) is 5.47. The molecule has 2 aromatic carbocycles. The molecule has 0 atom stereocenters. The molecule has 0 aliphatic rings. The molecule has 3 rings (SSSR count). The third-order valence-electron chi connectivity index (χ3n) is 4.09. The van der Waals surface area contributed by atoms with Crippen LogP contribution in [0.1, 0.15) is 10.4 Å². The Morgan fingerprint density at radius 3 is 2.42 bits per heavy atom. The molecular weight excluding hydrogens is 425 g/mol. The monoisotopic (exact) mass is 445 g/mol. The molecule has 3 aromatic rings. The molecule has 0 spiro atoms. The lowest BCUT2D eigenvalue weighted by Crippen LogP contribution is -2.16. The largest absolute Gasteiger partial charge is 0.474 e. The average molecular weight is 445 g/mol. The Balaban J connectivity index is 1.72. The summed E-state index contributed by atoms with van der Waals surface area (Å²) in [5, 5.41) is 2.68. The molecule has 0 unspecified atom stereocenters. The summed E-state index contributed by atoms with van der Waals surface area (Å²) in [5.74, 6) is -0.932. The van der Waals surface area contributed by atoms with E-state index in [2.05, 4.69) is 15.0 Å². The van der Waals surface area contributed by atoms with Crippen LogP contribution >= 0.6 is 0 Å². The van der Waals surface area contributed by atoms with Gasteiger partial charge in [0.2, 0.25) is 5.88 Å². The molecule has 31 heavy (non-hydrogen) atoms. The van der Waals surface area contributed by atoms with E-state index < -0.39 is 21.7 Å². The second-order valence-electron chi connectivity index (χ2n) is 6.26. The Morgan fingerprint density at radius 1 is 1.00 bits per heavy atom. The average Bonchev–Trinajstić information content (AvgIpc) is 2.76. The number of methoxy groups -OCH3 is 1. The van der Waals surface area contributed by atoms with Crippen LogP contribution in [-0.4, -0.2) is 39.6 Å². The van der Waals surface area contributed by atoms with Crippen molar-refractivity contribution >= 4 is 27.3 Å². The van der Waals surface area contributed by atoms with E-state index in [-0.39, 0.29) is 28.6 Å². The molecule has 1 aromatic heterocycles. The van der Waals surface area contributed by atoms with Crippen molar-refractivity contribution in [3.63, 3.8) is 0 Å². The smallest absolute Gasteiger partial charge is 0.261 e. The lowest BCUT2D eigenvalue weighted by molar-refractivity contribution is 0.102. The van der Waals surface area contributed by atoms with Gasteiger partial charge in [-0.1, -0.05) is 12.1 Å². The minimum atomic E-state index is -4.02. The zero-order valence-electron chi connectivity index (χ0n) is 16.5. The van der Waals surface area contributed by atoms with Crippen LogP contribution in [0.3, 0.4) is 0 Å². The molecule has 8 nitrogen and oxygen atoms in total. The number of nitrogens with one attached hydrogen (secondary N) is 2. The van der Waals surface area contributed by atoms with Crippen LogP contribution < -0.4 is 14.8 Å². The number of benzene rings is 2. The van der Waals surface area contributed by atoms with Crippen molar-refractivity contribution in [2.45, 2.75) is 4.90 Å². The molecule has 0 aliphatic carbocycles. The van der Waals surface area contributed by atoms with Crippen LogP contribution in [0.5, 0.6) is 5.88 Å². The van der Waals surface area contributed by atoms with E-state index >= 15 is 0 Å². The number of anilines is 2. The van der Waals surface area contributed by atoms with Crippen LogP contribution in [0, 0.1) is 5.82 Å². The first-order chi connectivity index (χ1) is 14.9. The van der Waals surface area contributed by atoms with Gasteiger partial charge in [0.05, 0.1) is 17.2 Å². The van der Waals surface area contributed by atoms with Crippen molar-refractivity contribution in [1.82, 2.24) is 4.98 Å². The van der Waals surface area contributed by atoms with Gasteiger partial charge in [0.1, 0.15) is 18.1 Å². The molecule has 1 heterocycles. The zero-order valence-corrected chi connectivity index (χ0v) is 17.4. The predicted octanol–water partition coefficient (Wildman–Crippen LogP) is 3.30. The Labute approximate surface area is 179 Å². The second-order valence-corrected chi connectivity index (χ2v) is 7.94. The standard InChI is InChI=1S/C21H20FN3O5S/c1-29-13-14-30-21-19(7-4-12-23-21)24-20(26)15-8-10-16(11-9-15)31(27,28)25-18-6-3-2-5-17(18)22/h2-12,25H,13-14H2,1H3,(H,24,26). The lowest BCUT2D eigenvalue weighted by atomic mass is 10.2. The highest BCUT2D eigenvalue weighted by Crippen LogP contribution is 2.22. The summed E-state index contributed by atoms with van der Waals surface area (Å²) < 4.78 is 51.3. The van der Waals surface area contributed by atoms with Gasteiger partial charge in [-0.05, 0) is 48.5 Å². The van der Waals surface area contributed by atoms with E-state index in [1.807, 2.05) is 0 Å². The molecule has 162 valence electrons. The fraction of sp³-hybridized carbons (Fsp3) is 0.143. The summed E-state index contributed by atoms with van der Waals surface area (Å²) in [7, 11) is -2.48. The highest BCUT2D eigenvalue weighted by atomic mass is 32.2. The lowest BCUT2D eigenvalue weighted by Gasteiger charge is -2.12. The first kappa shape index (κ1) is 22.2. The maximum absolute atomic E-state index is 13.7. The topological polar surface area (TPSA) is 107 Å². The molecule has 0 fully saturated rings. The number of ether oxygens (including phenoxy) is 2. The summed E-state index contributed by atoms with van der Waals surface area (Å²) in [4.78, 5) is 16.5. The number of hydrogen-bond acceptors (Lipinski definition) is 6. The Morgan fingerprint density at radius 2 is 1.71 bits per heavy atom. The minimum Gasteiger partial charge on any atom is -0.474 e. The number of hydrogen-bond donors (Lipinski definition) is 2. The maximum atomic E-state index is 13.7. The van der Waals surface area contributed by atoms with Gasteiger partial charge < -0.3 is 14.8 Å². The number of aromatic nitrogens is 1. The van der Waals surface area contributed by atoms with Gasteiger partial charge in [-0.25, -0.2) is 17.8 Å². The van der Waals surface area contributed by atoms with Gasteiger partial charge in [0.15, 0.2) is 0 Å². The first-order valence-electron chi connectivity index (χ1n) is 9.16. The van der Waals surface area contributed by atoms with Crippen LogP contribution in [0.2, 0.25) is 0 Å². The number of amides is 1. The van der Waals surface area contributed by atoms with Crippen molar-refractivity contribution in [1.29, 1.82) is 0 Å². The Bertz CT molecular complexity index is 1150. The molecule has 0 bridgehead atoms. The minimum absolute atomic E-state index is 0.114. The van der Waals surface area contributed by atoms with Gasteiger partial charge in [-0.3, -0.25) is 9.52 Å². The summed E-state index contributed by atoms with van der Waals surface area (Å²) in [5.41, 5.74) is 0.417. The molecule has 10 heteroatoms. The summed E-state index contributed by atoms with van der Waals surface area (Å²) >= 11 is 0. The van der Waals surface area contributed by atoms with E-state index in [1.54, 1.807) is 19.2 Å². The van der Waals surface area contributed by atoms with Crippen molar-refractivity contribution in [3.05, 3.63) is 78.2 Å². The zero-order chi connectivity index (χ0) is 22.3. The van der Waals surface area contributed by atoms with E-state index in [1.165, 1.54) is 48.7 Å². The normalized spacial score (nSPS) is 11.0. The quantitative estimate of drug-likeness (QED) is 0.490. The van der Waals surface area contributed by atoms with Crippen LogP contribution in [-0.2, 0) is 14.8 Å². The SMILES string of the molecule is COCCOc1ncccc1NC(=O)c1ccc(S(=O)(=O)Nc2ccccc2F)cc1. The molecule has 1 amide bonds. The van der Waals surface area contributed by atoms with Gasteiger partial charge in [0.25, 0.3) is 15.9 Å². The summed E-state index contributed by atoms with van der Waals surface area (Å²) in [6, 6.07) is 13.9. The fourth-order valence-electron chi connectivity index (χ4n) is 2.55. The number of carbonyl (C=O) groups is 1. The number of pyridine rings is 1. The van der Waals surface area contributed by atoms with E-state index in [9.17, 15) is 17.6 Å². The van der Waals surface area contributed by atoms with Gasteiger partial charge in [-0.15, -0.1) is 0 Å². The molecule has 0 radical (unpaired) electrons. The van der Waals surface area contributed by atoms with Crippen molar-refractivity contribution in [2.24, 2.45) is 0 Å². The number of halogens is 1. The number of nitrogens with zero attached hydrogens (tertiary/aromatic N) is 1. The van der Waals surface area contributed by atoms with E-state index in [0.717, 1.165) is 6.07 Å². The highest BCUT2D eigenvalue weighted by Gasteiger charge is 2.17. The maximum Gasteiger partial charge on any atom is 0.261 e. The van der Waals surface area contributed by atoms with Crippen molar-refractivity contribution in [3.8, 4) is 5.88 Å². The number of para-hydroxylation sites is 1. The number of rotatable bonds is 9. The third kappa shape index (κ3) is 5.77. The molecule has 0 saturated heterocycles. The number of carbonyl (C=O) groups excluding carboxylic acids is 1. The predicted molar refractivity (Wildman–Crippen MR) is 113 cm³/mol. The van der Waals surface area contributed by atoms with Gasteiger partial charge in [0, 0.05) is 18.9 Å². The summed E-state index contributed by atoms with van der Waals surface area (Å²) in [6.45, 7) is 0.624. The van der Waals surface area contributed by atoms with Crippen molar-refractivity contribution < 1.29 is 27.1 Å². The Kier molecular flexibility index (Phi) is 7.16. The first-order valence-corrected chi connectivity index (χ1v) is 10.6. The van der Waals surface area contributed by atoms with E-state index in [0.29, 0.717) is 12.3 Å². The molecular formula is C21H20FN3O5S. The van der Waals surface area contributed by atoms with E-state index in [4.69, 9.17) is 9.47 Å². The Hall–Kier alpha value is -3.50. The molecule has 0 aliphatic heterocycles. The second kappa shape index (κ2) is 10.0. The van der Waals surface area contributed by atoms with Crippen LogP contribution in [0.15, 0.2) is 71.8 Å². The van der Waals surface area contributed by atoms with Gasteiger partial charge in [-0.2, -0.15) is 0 Å². The molecule has 0 saturated carbocycles. The molecule has 2 N–H and O–H groups in total. The fourth-order valence-corrected chi connectivity index (χ4v) is 3.62. The van der Waals surface area contributed by atoms with Crippen LogP contribution in [0.4, 0.5) is 15.8 Å².